The molecule has 108 valence electrons. The van der Waals surface area contributed by atoms with E-state index in [4.69, 9.17) is 5.73 Å². The predicted octanol–water partition coefficient (Wildman–Crippen LogP) is 3.65. The topological polar surface area (TPSA) is 29.3 Å². The predicted molar refractivity (Wildman–Crippen MR) is 80.7 cm³/mol. The van der Waals surface area contributed by atoms with E-state index in [0.29, 0.717) is 0 Å². The van der Waals surface area contributed by atoms with E-state index in [1.54, 1.807) is 0 Å². The summed E-state index contributed by atoms with van der Waals surface area (Å²) in [6.45, 7) is 9.01. The first-order chi connectivity index (χ1) is 8.57. The molecule has 0 aromatic heterocycles. The Morgan fingerprint density at radius 3 is 2.33 bits per heavy atom. The zero-order valence-corrected chi connectivity index (χ0v) is 13.0. The monoisotopic (exact) mass is 254 g/mol. The van der Waals surface area contributed by atoms with E-state index in [9.17, 15) is 0 Å². The van der Waals surface area contributed by atoms with Gasteiger partial charge in [0.25, 0.3) is 0 Å². The minimum absolute atomic E-state index is 0.234. The number of hydrogen-bond donors (Lipinski definition) is 1. The highest BCUT2D eigenvalue weighted by Gasteiger charge is 2.34. The van der Waals surface area contributed by atoms with Crippen LogP contribution >= 0.6 is 0 Å². The van der Waals surface area contributed by atoms with Gasteiger partial charge in [-0.1, -0.05) is 40.0 Å². The van der Waals surface area contributed by atoms with Crippen molar-refractivity contribution in [3.8, 4) is 0 Å². The molecule has 1 saturated carbocycles. The lowest BCUT2D eigenvalue weighted by Gasteiger charge is -2.43. The fraction of sp³-hybridized carbons (Fsp3) is 1.00. The molecule has 0 aliphatic heterocycles. The van der Waals surface area contributed by atoms with Crippen molar-refractivity contribution in [2.24, 2.45) is 17.6 Å². The van der Waals surface area contributed by atoms with Gasteiger partial charge in [-0.15, -0.1) is 0 Å². The molecular formula is C16H34N2. The number of hydrogen-bond acceptors (Lipinski definition) is 2. The van der Waals surface area contributed by atoms with E-state index in [2.05, 4.69) is 32.7 Å². The quantitative estimate of drug-likeness (QED) is 0.716. The van der Waals surface area contributed by atoms with Gasteiger partial charge in [-0.05, 0) is 44.6 Å². The number of rotatable bonds is 8. The van der Waals surface area contributed by atoms with E-state index in [-0.39, 0.29) is 5.54 Å². The highest BCUT2D eigenvalue weighted by molar-refractivity contribution is 4.91. The van der Waals surface area contributed by atoms with Crippen LogP contribution in [0.5, 0.6) is 0 Å². The standard InChI is InChI=1S/C16H34N2/c1-5-14(3)11-16(6-2,13-17)18(4)12-15-9-7-8-10-15/h14-15H,5-13,17H2,1-4H3. The molecule has 2 atom stereocenters. The van der Waals surface area contributed by atoms with Crippen molar-refractivity contribution < 1.29 is 0 Å². The Hall–Kier alpha value is -0.0800. The Kier molecular flexibility index (Phi) is 6.65. The van der Waals surface area contributed by atoms with Crippen LogP contribution in [-0.2, 0) is 0 Å². The first-order valence-corrected chi connectivity index (χ1v) is 7.99. The Bertz CT molecular complexity index is 217. The van der Waals surface area contributed by atoms with E-state index in [0.717, 1.165) is 18.4 Å². The summed E-state index contributed by atoms with van der Waals surface area (Å²) in [5.74, 6) is 1.70. The van der Waals surface area contributed by atoms with Gasteiger partial charge in [0.2, 0.25) is 0 Å². The molecule has 2 N–H and O–H groups in total. The zero-order valence-electron chi connectivity index (χ0n) is 13.0. The molecule has 0 bridgehead atoms. The molecule has 1 fully saturated rings. The summed E-state index contributed by atoms with van der Waals surface area (Å²) in [7, 11) is 2.30. The van der Waals surface area contributed by atoms with Gasteiger partial charge in [0.05, 0.1) is 0 Å². The maximum absolute atomic E-state index is 6.15. The third-order valence-corrected chi connectivity index (χ3v) is 5.28. The van der Waals surface area contributed by atoms with Crippen molar-refractivity contribution in [2.75, 3.05) is 20.1 Å². The summed E-state index contributed by atoms with van der Waals surface area (Å²) in [5, 5.41) is 0. The summed E-state index contributed by atoms with van der Waals surface area (Å²) in [6.07, 6.45) is 9.42. The molecule has 2 heteroatoms. The van der Waals surface area contributed by atoms with Crippen LogP contribution in [0.2, 0.25) is 0 Å². The number of likely N-dealkylation sites (N-methyl/N-ethyl adjacent to an activating group) is 1. The lowest BCUT2D eigenvalue weighted by Crippen LogP contribution is -2.53. The SMILES string of the molecule is CCC(C)CC(CC)(CN)N(C)CC1CCCC1. The van der Waals surface area contributed by atoms with Crippen molar-refractivity contribution in [1.29, 1.82) is 0 Å². The van der Waals surface area contributed by atoms with Crippen LogP contribution in [0.1, 0.15) is 65.7 Å². The van der Waals surface area contributed by atoms with Crippen LogP contribution in [-0.4, -0.2) is 30.6 Å². The molecule has 0 radical (unpaired) electrons. The normalized spacial score (nSPS) is 22.3. The third kappa shape index (κ3) is 3.96. The van der Waals surface area contributed by atoms with Gasteiger partial charge < -0.3 is 5.73 Å². The van der Waals surface area contributed by atoms with Gasteiger partial charge in [0, 0.05) is 18.6 Å². The van der Waals surface area contributed by atoms with E-state index in [1.807, 2.05) is 0 Å². The molecule has 18 heavy (non-hydrogen) atoms. The van der Waals surface area contributed by atoms with Crippen LogP contribution in [0.4, 0.5) is 0 Å². The second-order valence-electron chi connectivity index (χ2n) is 6.53. The summed E-state index contributed by atoms with van der Waals surface area (Å²) >= 11 is 0. The van der Waals surface area contributed by atoms with Crippen LogP contribution in [0.3, 0.4) is 0 Å². The maximum Gasteiger partial charge on any atom is 0.0328 e. The summed E-state index contributed by atoms with van der Waals surface area (Å²) < 4.78 is 0. The smallest absolute Gasteiger partial charge is 0.0328 e. The lowest BCUT2D eigenvalue weighted by atomic mass is 9.82. The highest BCUT2D eigenvalue weighted by atomic mass is 15.2. The molecule has 0 amide bonds. The molecule has 1 aliphatic rings. The largest absolute Gasteiger partial charge is 0.329 e. The first-order valence-electron chi connectivity index (χ1n) is 7.99. The average molecular weight is 254 g/mol. The molecule has 2 nitrogen and oxygen atoms in total. The number of nitrogens with two attached hydrogens (primary N) is 1. The fourth-order valence-electron chi connectivity index (χ4n) is 3.52. The second-order valence-corrected chi connectivity index (χ2v) is 6.53. The fourth-order valence-corrected chi connectivity index (χ4v) is 3.52. The third-order valence-electron chi connectivity index (χ3n) is 5.28. The molecule has 0 aromatic rings. The van der Waals surface area contributed by atoms with Crippen LogP contribution < -0.4 is 5.73 Å². The Morgan fingerprint density at radius 1 is 1.28 bits per heavy atom. The molecule has 0 aromatic carbocycles. The van der Waals surface area contributed by atoms with Gasteiger partial charge in [-0.3, -0.25) is 4.90 Å². The van der Waals surface area contributed by atoms with Gasteiger partial charge >= 0.3 is 0 Å². The van der Waals surface area contributed by atoms with Crippen molar-refractivity contribution in [3.05, 3.63) is 0 Å². The second kappa shape index (κ2) is 7.49. The molecule has 0 heterocycles. The van der Waals surface area contributed by atoms with Gasteiger partial charge in [-0.2, -0.15) is 0 Å². The van der Waals surface area contributed by atoms with Gasteiger partial charge in [0.1, 0.15) is 0 Å². The Labute approximate surface area is 114 Å². The van der Waals surface area contributed by atoms with Crippen LogP contribution in [0, 0.1) is 11.8 Å². The van der Waals surface area contributed by atoms with Crippen LogP contribution in [0.25, 0.3) is 0 Å². The molecule has 0 saturated heterocycles. The minimum Gasteiger partial charge on any atom is -0.329 e. The molecule has 2 unspecified atom stereocenters. The van der Waals surface area contributed by atoms with Gasteiger partial charge in [0.15, 0.2) is 0 Å². The van der Waals surface area contributed by atoms with E-state index < -0.39 is 0 Å². The highest BCUT2D eigenvalue weighted by Crippen LogP contribution is 2.31. The molecule has 0 spiro atoms. The first kappa shape index (κ1) is 16.0. The summed E-state index contributed by atoms with van der Waals surface area (Å²) in [4.78, 5) is 2.59. The Morgan fingerprint density at radius 2 is 1.89 bits per heavy atom. The van der Waals surface area contributed by atoms with E-state index >= 15 is 0 Å². The van der Waals surface area contributed by atoms with Crippen molar-refractivity contribution in [1.82, 2.24) is 4.90 Å². The number of nitrogens with zero attached hydrogens (tertiary/aromatic N) is 1. The minimum atomic E-state index is 0.234. The van der Waals surface area contributed by atoms with Crippen molar-refractivity contribution in [3.63, 3.8) is 0 Å². The zero-order chi connectivity index (χ0) is 13.6. The molecule has 1 aliphatic carbocycles. The Balaban J connectivity index is 2.62. The van der Waals surface area contributed by atoms with Crippen molar-refractivity contribution in [2.45, 2.75) is 71.3 Å². The summed E-state index contributed by atoms with van der Waals surface area (Å²) in [6, 6.07) is 0. The summed E-state index contributed by atoms with van der Waals surface area (Å²) in [5.41, 5.74) is 6.39. The molecule has 1 rings (SSSR count). The van der Waals surface area contributed by atoms with Crippen LogP contribution in [0.15, 0.2) is 0 Å². The maximum atomic E-state index is 6.15. The molecular weight excluding hydrogens is 220 g/mol. The average Bonchev–Trinajstić information content (AvgIpc) is 2.88. The van der Waals surface area contributed by atoms with Gasteiger partial charge in [-0.25, -0.2) is 0 Å². The van der Waals surface area contributed by atoms with E-state index in [1.165, 1.54) is 51.5 Å². The van der Waals surface area contributed by atoms with Crippen molar-refractivity contribution >= 4 is 0 Å². The lowest BCUT2D eigenvalue weighted by molar-refractivity contribution is 0.0772.